The molecule has 178 valence electrons. The summed E-state index contributed by atoms with van der Waals surface area (Å²) in [5.41, 5.74) is 2.85. The summed E-state index contributed by atoms with van der Waals surface area (Å²) in [7, 11) is 3.82. The van der Waals surface area contributed by atoms with Crippen LogP contribution in [0.3, 0.4) is 0 Å². The molecular weight excluding hydrogens is 512 g/mol. The molecule has 1 aliphatic rings. The molecule has 0 saturated carbocycles. The van der Waals surface area contributed by atoms with Gasteiger partial charge in [0, 0.05) is 36.4 Å². The number of benzene rings is 3. The van der Waals surface area contributed by atoms with Gasteiger partial charge in [-0.15, -0.1) is 0 Å². The molecule has 0 radical (unpaired) electrons. The van der Waals surface area contributed by atoms with Crippen molar-refractivity contribution in [2.45, 2.75) is 12.6 Å². The molecule has 0 aromatic heterocycles. The second kappa shape index (κ2) is 9.76. The second-order valence-electron chi connectivity index (χ2n) is 8.42. The highest BCUT2D eigenvalue weighted by Crippen LogP contribution is 2.40. The van der Waals surface area contributed by atoms with Crippen LogP contribution in [-0.4, -0.2) is 46.9 Å². The van der Waals surface area contributed by atoms with Crippen LogP contribution in [0.25, 0.3) is 5.76 Å². The van der Waals surface area contributed by atoms with Gasteiger partial charge in [-0.2, -0.15) is 0 Å². The van der Waals surface area contributed by atoms with Gasteiger partial charge in [0.25, 0.3) is 11.7 Å². The molecule has 35 heavy (non-hydrogen) atoms. The van der Waals surface area contributed by atoms with Gasteiger partial charge in [-0.05, 0) is 47.5 Å². The minimum atomic E-state index is -1.05. The number of nitrogens with zero attached hydrogens (tertiary/aromatic N) is 2. The molecule has 1 atom stereocenters. The maximum absolute atomic E-state index is 13.2. The minimum Gasteiger partial charge on any atom is -0.507 e. The Kier molecular flexibility index (Phi) is 6.75. The monoisotopic (exact) mass is 534 g/mol. The Hall–Kier alpha value is -3.91. The first-order valence-corrected chi connectivity index (χ1v) is 11.6. The molecule has 3 aromatic carbocycles. The van der Waals surface area contributed by atoms with Crippen molar-refractivity contribution >= 4 is 45.0 Å². The van der Waals surface area contributed by atoms with Gasteiger partial charge in [0.1, 0.15) is 5.76 Å². The third-order valence-electron chi connectivity index (χ3n) is 5.94. The van der Waals surface area contributed by atoms with E-state index in [0.29, 0.717) is 16.7 Å². The van der Waals surface area contributed by atoms with E-state index in [1.54, 1.807) is 36.4 Å². The normalized spacial score (nSPS) is 17.0. The van der Waals surface area contributed by atoms with Crippen LogP contribution < -0.4 is 4.90 Å². The molecule has 8 heteroatoms. The summed E-state index contributed by atoms with van der Waals surface area (Å²) < 4.78 is 0.815. The van der Waals surface area contributed by atoms with Crippen molar-refractivity contribution in [1.82, 2.24) is 4.90 Å². The van der Waals surface area contributed by atoms with E-state index in [1.807, 2.05) is 43.3 Å². The Morgan fingerprint density at radius 3 is 2.00 bits per heavy atom. The second-order valence-corrected chi connectivity index (χ2v) is 9.34. The Balaban J connectivity index is 1.81. The fourth-order valence-electron chi connectivity index (χ4n) is 4.06. The number of hydrogen-bond acceptors (Lipinski definition) is 5. The summed E-state index contributed by atoms with van der Waals surface area (Å²) in [6, 6.07) is 19.6. The van der Waals surface area contributed by atoms with Crippen LogP contribution in [-0.2, 0) is 16.1 Å². The predicted octanol–water partition coefficient (Wildman–Crippen LogP) is 4.84. The van der Waals surface area contributed by atoms with Crippen LogP contribution in [0.5, 0.6) is 0 Å². The number of carbonyl (C=O) groups is 3. The Morgan fingerprint density at radius 2 is 1.46 bits per heavy atom. The molecule has 1 amide bonds. The highest BCUT2D eigenvalue weighted by molar-refractivity contribution is 9.10. The van der Waals surface area contributed by atoms with Crippen molar-refractivity contribution in [2.24, 2.45) is 0 Å². The van der Waals surface area contributed by atoms with Crippen LogP contribution in [0.2, 0.25) is 0 Å². The van der Waals surface area contributed by atoms with E-state index < -0.39 is 23.7 Å². The first-order valence-electron chi connectivity index (χ1n) is 10.8. The lowest BCUT2D eigenvalue weighted by molar-refractivity contribution is -0.140. The summed E-state index contributed by atoms with van der Waals surface area (Å²) in [6.07, 6.45) is 0. The van der Waals surface area contributed by atoms with Crippen LogP contribution in [0.1, 0.15) is 33.1 Å². The van der Waals surface area contributed by atoms with Gasteiger partial charge < -0.3 is 20.0 Å². The van der Waals surface area contributed by atoms with Crippen molar-refractivity contribution in [3.05, 3.63) is 105 Å². The third-order valence-corrected chi connectivity index (χ3v) is 6.47. The molecule has 0 aliphatic carbocycles. The number of amides is 1. The zero-order valence-electron chi connectivity index (χ0n) is 19.1. The molecule has 0 spiro atoms. The van der Waals surface area contributed by atoms with E-state index >= 15 is 0 Å². The number of carboxylic acid groups (broad SMARTS) is 1. The Bertz CT molecular complexity index is 1310. The van der Waals surface area contributed by atoms with Crippen LogP contribution in [0.4, 0.5) is 5.69 Å². The quantitative estimate of drug-likeness (QED) is 0.267. The van der Waals surface area contributed by atoms with Crippen molar-refractivity contribution in [2.75, 3.05) is 19.0 Å². The van der Waals surface area contributed by atoms with Gasteiger partial charge in [0.15, 0.2) is 0 Å². The summed E-state index contributed by atoms with van der Waals surface area (Å²) in [4.78, 5) is 40.9. The average molecular weight is 535 g/mol. The molecule has 7 nitrogen and oxygen atoms in total. The number of rotatable bonds is 6. The van der Waals surface area contributed by atoms with E-state index in [-0.39, 0.29) is 23.4 Å². The number of carbonyl (C=O) groups excluding carboxylic acids is 2. The average Bonchev–Trinajstić information content (AvgIpc) is 3.09. The highest BCUT2D eigenvalue weighted by atomic mass is 79.9. The number of aliphatic hydroxyl groups excluding tert-OH is 1. The number of aliphatic hydroxyl groups is 1. The number of carboxylic acids is 1. The smallest absolute Gasteiger partial charge is 0.335 e. The van der Waals surface area contributed by atoms with Gasteiger partial charge in [-0.25, -0.2) is 4.79 Å². The molecule has 2 N–H and O–H groups in total. The molecule has 1 saturated heterocycles. The number of anilines is 1. The number of halogens is 1. The van der Waals surface area contributed by atoms with Gasteiger partial charge in [-0.1, -0.05) is 52.3 Å². The number of ketones is 1. The van der Waals surface area contributed by atoms with Crippen molar-refractivity contribution in [3.8, 4) is 0 Å². The zero-order valence-corrected chi connectivity index (χ0v) is 20.7. The van der Waals surface area contributed by atoms with E-state index in [1.165, 1.54) is 17.0 Å². The van der Waals surface area contributed by atoms with Gasteiger partial charge in [0.2, 0.25) is 0 Å². The zero-order chi connectivity index (χ0) is 25.3. The Labute approximate surface area is 211 Å². The number of aromatic carboxylic acids is 1. The summed E-state index contributed by atoms with van der Waals surface area (Å²) in [5.74, 6) is -2.80. The molecule has 1 fully saturated rings. The molecule has 0 bridgehead atoms. The van der Waals surface area contributed by atoms with Crippen molar-refractivity contribution < 1.29 is 24.6 Å². The molecule has 4 rings (SSSR count). The fourth-order valence-corrected chi connectivity index (χ4v) is 4.32. The third kappa shape index (κ3) is 4.83. The van der Waals surface area contributed by atoms with Gasteiger partial charge in [0.05, 0.1) is 17.2 Å². The van der Waals surface area contributed by atoms with E-state index in [9.17, 15) is 19.5 Å². The lowest BCUT2D eigenvalue weighted by Crippen LogP contribution is -2.29. The summed E-state index contributed by atoms with van der Waals surface area (Å²) >= 11 is 3.36. The minimum absolute atomic E-state index is 0.0112. The topological polar surface area (TPSA) is 98.2 Å². The van der Waals surface area contributed by atoms with Crippen LogP contribution in [0, 0.1) is 0 Å². The lowest BCUT2D eigenvalue weighted by Gasteiger charge is -2.26. The molecule has 1 aliphatic heterocycles. The van der Waals surface area contributed by atoms with E-state index in [4.69, 9.17) is 5.11 Å². The maximum Gasteiger partial charge on any atom is 0.335 e. The lowest BCUT2D eigenvalue weighted by atomic mass is 9.95. The number of likely N-dealkylation sites (tertiary alicyclic amines) is 1. The number of hydrogen-bond donors (Lipinski definition) is 2. The standard InChI is InChI=1S/C27H23BrN2O5/c1-29(2)21-13-9-17(10-14-21)23-22(24(31)18-7-11-20(28)12-8-18)25(32)26(33)30(23)15-16-3-5-19(6-4-16)27(34)35/h3-14,23,31H,15H2,1-2H3,(H,34,35)/b24-22+. The first-order chi connectivity index (χ1) is 16.7. The number of Topliss-reactive ketones (excluding diaryl/α,β-unsaturated/α-hetero) is 1. The van der Waals surface area contributed by atoms with Crippen LogP contribution >= 0.6 is 15.9 Å². The van der Waals surface area contributed by atoms with Crippen molar-refractivity contribution in [1.29, 1.82) is 0 Å². The predicted molar refractivity (Wildman–Crippen MR) is 136 cm³/mol. The summed E-state index contributed by atoms with van der Waals surface area (Å²) in [5, 5.41) is 20.3. The first kappa shape index (κ1) is 24.2. The maximum atomic E-state index is 13.2. The van der Waals surface area contributed by atoms with Gasteiger partial charge in [-0.3, -0.25) is 9.59 Å². The highest BCUT2D eigenvalue weighted by Gasteiger charge is 2.46. The van der Waals surface area contributed by atoms with E-state index in [0.717, 1.165) is 10.2 Å². The van der Waals surface area contributed by atoms with Crippen LogP contribution in [0.15, 0.2) is 82.8 Å². The SMILES string of the molecule is CN(C)c1ccc(C2/C(=C(\O)c3ccc(Br)cc3)C(=O)C(=O)N2Cc2ccc(C(=O)O)cc2)cc1. The Morgan fingerprint density at radius 1 is 0.886 bits per heavy atom. The van der Waals surface area contributed by atoms with E-state index in [2.05, 4.69) is 15.9 Å². The van der Waals surface area contributed by atoms with Crippen molar-refractivity contribution in [3.63, 3.8) is 0 Å². The largest absolute Gasteiger partial charge is 0.507 e. The molecular formula is C27H23BrN2O5. The molecule has 1 unspecified atom stereocenters. The van der Waals surface area contributed by atoms with Gasteiger partial charge >= 0.3 is 5.97 Å². The molecule has 3 aromatic rings. The fraction of sp³-hybridized carbons (Fsp3) is 0.148. The summed E-state index contributed by atoms with van der Waals surface area (Å²) in [6.45, 7) is 0.0711. The molecule has 1 heterocycles.